The van der Waals surface area contributed by atoms with E-state index in [0.29, 0.717) is 11.3 Å². The molecule has 0 radical (unpaired) electrons. The summed E-state index contributed by atoms with van der Waals surface area (Å²) < 4.78 is 14.9. The Morgan fingerprint density at radius 2 is 1.64 bits per heavy atom. The van der Waals surface area contributed by atoms with Gasteiger partial charge in [-0.15, -0.1) is 0 Å². The Bertz CT molecular complexity index is 1090. The van der Waals surface area contributed by atoms with Gasteiger partial charge in [0.05, 0.1) is 12.8 Å². The summed E-state index contributed by atoms with van der Waals surface area (Å²) in [4.78, 5) is 51.5. The van der Waals surface area contributed by atoms with Gasteiger partial charge in [-0.2, -0.15) is 0 Å². The summed E-state index contributed by atoms with van der Waals surface area (Å²) in [6, 6.07) is 6.49. The number of oxazole rings is 1. The quantitative estimate of drug-likeness (QED) is 0.425. The highest BCUT2D eigenvalue weighted by atomic mass is 16.6. The van der Waals surface area contributed by atoms with Crippen molar-refractivity contribution in [2.45, 2.75) is 26.4 Å². The minimum atomic E-state index is -0.851. The Hall–Kier alpha value is -4.41. The largest absolute Gasteiger partial charge is 0.464 e. The van der Waals surface area contributed by atoms with Gasteiger partial charge in [0.25, 0.3) is 11.8 Å². The van der Waals surface area contributed by atoms with E-state index >= 15 is 0 Å². The van der Waals surface area contributed by atoms with Crippen molar-refractivity contribution in [2.24, 2.45) is 0 Å². The van der Waals surface area contributed by atoms with Gasteiger partial charge in [-0.1, -0.05) is 13.2 Å². The lowest BCUT2D eigenvalue weighted by Crippen LogP contribution is -2.35. The molecule has 3 N–H and O–H groups in total. The minimum absolute atomic E-state index is 0.110. The van der Waals surface area contributed by atoms with Gasteiger partial charge in [0.2, 0.25) is 5.89 Å². The molecule has 0 unspecified atom stereocenters. The van der Waals surface area contributed by atoms with Crippen LogP contribution in [-0.2, 0) is 19.1 Å². The van der Waals surface area contributed by atoms with Crippen LogP contribution in [0.15, 0.2) is 59.5 Å². The number of nitrogens with one attached hydrogen (secondary N) is 3. The van der Waals surface area contributed by atoms with Crippen LogP contribution in [0.5, 0.6) is 0 Å². The van der Waals surface area contributed by atoms with Gasteiger partial charge in [0, 0.05) is 11.3 Å². The minimum Gasteiger partial charge on any atom is -0.464 e. The van der Waals surface area contributed by atoms with Crippen LogP contribution in [0.25, 0.3) is 11.5 Å². The number of esters is 1. The highest BCUT2D eigenvalue weighted by Crippen LogP contribution is 2.21. The molecule has 11 heteroatoms. The Kier molecular flexibility index (Phi) is 7.73. The van der Waals surface area contributed by atoms with Crippen molar-refractivity contribution in [1.82, 2.24) is 15.6 Å². The zero-order valence-corrected chi connectivity index (χ0v) is 18.6. The van der Waals surface area contributed by atoms with E-state index in [-0.39, 0.29) is 23.0 Å². The molecule has 0 atom stereocenters. The van der Waals surface area contributed by atoms with Gasteiger partial charge in [-0.25, -0.2) is 14.6 Å². The molecule has 2 aromatic rings. The monoisotopic (exact) mass is 456 g/mol. The third kappa shape index (κ3) is 7.35. The molecule has 0 saturated heterocycles. The third-order valence-corrected chi connectivity index (χ3v) is 3.75. The van der Waals surface area contributed by atoms with E-state index in [1.54, 1.807) is 45.0 Å². The molecule has 33 heavy (non-hydrogen) atoms. The molecule has 0 spiro atoms. The zero-order chi connectivity index (χ0) is 24.8. The summed E-state index contributed by atoms with van der Waals surface area (Å²) in [6.45, 7) is 12.1. The van der Waals surface area contributed by atoms with Crippen LogP contribution in [0.3, 0.4) is 0 Å². The van der Waals surface area contributed by atoms with Crippen LogP contribution < -0.4 is 16.0 Å². The summed E-state index contributed by atoms with van der Waals surface area (Å²) in [6.07, 6.45) is 0.514. The van der Waals surface area contributed by atoms with Gasteiger partial charge in [-0.3, -0.25) is 14.9 Å². The van der Waals surface area contributed by atoms with E-state index in [4.69, 9.17) is 9.15 Å². The molecular weight excluding hydrogens is 432 g/mol. The number of carbonyl (C=O) groups is 4. The van der Waals surface area contributed by atoms with Crippen molar-refractivity contribution >= 4 is 29.6 Å². The molecule has 0 aliphatic rings. The maximum absolute atomic E-state index is 12.3. The van der Waals surface area contributed by atoms with E-state index in [9.17, 15) is 19.2 Å². The van der Waals surface area contributed by atoms with Crippen molar-refractivity contribution in [3.8, 4) is 11.5 Å². The van der Waals surface area contributed by atoms with Crippen molar-refractivity contribution in [3.05, 3.63) is 60.8 Å². The number of benzene rings is 1. The number of hydrogen-bond acceptors (Lipinski definition) is 8. The van der Waals surface area contributed by atoms with E-state index in [1.807, 2.05) is 0 Å². The molecule has 0 bridgehead atoms. The number of anilines is 1. The number of carbonyl (C=O) groups excluding carboxylic acids is 4. The lowest BCUT2D eigenvalue weighted by Gasteiger charge is -2.19. The summed E-state index contributed by atoms with van der Waals surface area (Å²) in [5.41, 5.74) is -0.358. The van der Waals surface area contributed by atoms with E-state index in [2.05, 4.69) is 38.8 Å². The van der Waals surface area contributed by atoms with Gasteiger partial charge in [-0.05, 0) is 45.0 Å². The molecule has 1 aromatic heterocycles. The Morgan fingerprint density at radius 3 is 2.21 bits per heavy atom. The molecule has 174 valence electrons. The number of nitrogens with zero attached hydrogens (tertiary/aromatic N) is 1. The molecule has 11 nitrogen and oxygen atoms in total. The summed E-state index contributed by atoms with van der Waals surface area (Å²) >= 11 is 0. The number of ether oxygens (including phenoxy) is 2. The molecule has 0 fully saturated rings. The molecule has 1 heterocycles. The Morgan fingerprint density at radius 1 is 1.00 bits per heavy atom. The molecular formula is C22H24N4O7. The standard InChI is InChI=1S/C22H24N4O7/c1-12(17(27)24-13(2)20(29)31-6)23-18(28)16-11-32-19(26-16)14-7-9-15(10-8-14)25-21(30)33-22(3,4)5/h7-11H,1-2H2,3-6H3,(H,23,28)(H,24,27)(H,25,30). The van der Waals surface area contributed by atoms with E-state index < -0.39 is 29.5 Å². The van der Waals surface area contributed by atoms with Crippen molar-refractivity contribution in [3.63, 3.8) is 0 Å². The molecule has 0 saturated carbocycles. The smallest absolute Gasteiger partial charge is 0.412 e. The first-order valence-corrected chi connectivity index (χ1v) is 9.54. The van der Waals surface area contributed by atoms with Crippen LogP contribution in [0.2, 0.25) is 0 Å². The number of rotatable bonds is 7. The lowest BCUT2D eigenvalue weighted by molar-refractivity contribution is -0.137. The molecule has 0 aliphatic heterocycles. The summed E-state index contributed by atoms with van der Waals surface area (Å²) in [5.74, 6) is -2.30. The normalized spacial score (nSPS) is 10.5. The maximum atomic E-state index is 12.3. The highest BCUT2D eigenvalue weighted by molar-refractivity contribution is 6.04. The number of hydrogen-bond donors (Lipinski definition) is 3. The van der Waals surface area contributed by atoms with Gasteiger partial charge in [0.15, 0.2) is 5.69 Å². The predicted octanol–water partition coefficient (Wildman–Crippen LogP) is 2.74. The summed E-state index contributed by atoms with van der Waals surface area (Å²) in [7, 11) is 1.13. The van der Waals surface area contributed by atoms with Gasteiger partial charge >= 0.3 is 12.1 Å². The first kappa shape index (κ1) is 24.9. The summed E-state index contributed by atoms with van der Waals surface area (Å²) in [5, 5.41) is 6.99. The van der Waals surface area contributed by atoms with Gasteiger partial charge < -0.3 is 24.5 Å². The van der Waals surface area contributed by atoms with Crippen LogP contribution in [0.4, 0.5) is 10.5 Å². The van der Waals surface area contributed by atoms with Crippen molar-refractivity contribution in [2.75, 3.05) is 12.4 Å². The average molecular weight is 456 g/mol. The first-order chi connectivity index (χ1) is 15.4. The van der Waals surface area contributed by atoms with Crippen LogP contribution >= 0.6 is 0 Å². The third-order valence-electron chi connectivity index (χ3n) is 3.75. The van der Waals surface area contributed by atoms with Crippen molar-refractivity contribution in [1.29, 1.82) is 0 Å². The van der Waals surface area contributed by atoms with Crippen LogP contribution in [-0.4, -0.2) is 41.6 Å². The van der Waals surface area contributed by atoms with E-state index in [1.165, 1.54) is 0 Å². The second-order valence-corrected chi connectivity index (χ2v) is 7.60. The molecule has 2 rings (SSSR count). The molecule has 1 aromatic carbocycles. The second kappa shape index (κ2) is 10.3. The molecule has 3 amide bonds. The average Bonchev–Trinajstić information content (AvgIpc) is 3.22. The second-order valence-electron chi connectivity index (χ2n) is 7.60. The fourth-order valence-corrected chi connectivity index (χ4v) is 2.27. The maximum Gasteiger partial charge on any atom is 0.412 e. The fraction of sp³-hybridized carbons (Fsp3) is 0.227. The first-order valence-electron chi connectivity index (χ1n) is 9.54. The highest BCUT2D eigenvalue weighted by Gasteiger charge is 2.19. The van der Waals surface area contributed by atoms with E-state index in [0.717, 1.165) is 13.4 Å². The lowest BCUT2D eigenvalue weighted by atomic mass is 10.2. The topological polar surface area (TPSA) is 149 Å². The number of amides is 3. The SMILES string of the molecule is C=C(NC(=O)c1coc(-c2ccc(NC(=O)OC(C)(C)C)cc2)n1)C(=O)NC(=C)C(=O)OC. The number of methoxy groups -OCH3 is 1. The predicted molar refractivity (Wildman–Crippen MR) is 118 cm³/mol. The van der Waals surface area contributed by atoms with Crippen LogP contribution in [0, 0.1) is 0 Å². The zero-order valence-electron chi connectivity index (χ0n) is 18.6. The Balaban J connectivity index is 1.98. The van der Waals surface area contributed by atoms with Crippen LogP contribution in [0.1, 0.15) is 31.3 Å². The number of aromatic nitrogens is 1. The fourth-order valence-electron chi connectivity index (χ4n) is 2.27. The molecule has 0 aliphatic carbocycles. The van der Waals surface area contributed by atoms with Crippen molar-refractivity contribution < 1.29 is 33.1 Å². The van der Waals surface area contributed by atoms with Gasteiger partial charge in [0.1, 0.15) is 17.6 Å². The Labute approximate surface area is 189 Å².